The van der Waals surface area contributed by atoms with Crippen LogP contribution in [-0.2, 0) is 0 Å². The molecular formula is C20H26N2O2S. The molecule has 0 aliphatic carbocycles. The van der Waals surface area contributed by atoms with Crippen molar-refractivity contribution in [2.45, 2.75) is 19.8 Å². The van der Waals surface area contributed by atoms with Gasteiger partial charge < -0.3 is 15.0 Å². The number of carbonyl (C=O) groups excluding carboxylic acids is 1. The van der Waals surface area contributed by atoms with E-state index in [0.29, 0.717) is 16.5 Å². The standard InChI is InChI=1S/C20H26N2O2S/c1-3-21-14-15-9-11-22(12-10-15)20(23)19-17(24-2)13-18(25-19)16-7-5-4-6-8-16/h4-8,13,15,21H,3,9-12,14H2,1-2H3. The predicted octanol–water partition coefficient (Wildman–Crippen LogP) is 3.89. The largest absolute Gasteiger partial charge is 0.495 e. The van der Waals surface area contributed by atoms with Crippen molar-refractivity contribution in [1.29, 1.82) is 0 Å². The summed E-state index contributed by atoms with van der Waals surface area (Å²) in [7, 11) is 1.64. The Labute approximate surface area is 153 Å². The van der Waals surface area contributed by atoms with E-state index < -0.39 is 0 Å². The lowest BCUT2D eigenvalue weighted by atomic mass is 9.96. The summed E-state index contributed by atoms with van der Waals surface area (Å²) >= 11 is 1.53. The highest BCUT2D eigenvalue weighted by Crippen LogP contribution is 2.37. The molecule has 0 bridgehead atoms. The fourth-order valence-electron chi connectivity index (χ4n) is 3.25. The molecule has 2 heterocycles. The van der Waals surface area contributed by atoms with E-state index in [1.807, 2.05) is 29.2 Å². The van der Waals surface area contributed by atoms with Gasteiger partial charge in [0.05, 0.1) is 7.11 Å². The summed E-state index contributed by atoms with van der Waals surface area (Å²) in [4.78, 5) is 16.7. The van der Waals surface area contributed by atoms with Crippen molar-refractivity contribution in [2.75, 3.05) is 33.3 Å². The molecule has 25 heavy (non-hydrogen) atoms. The maximum absolute atomic E-state index is 13.0. The number of ether oxygens (including phenoxy) is 1. The van der Waals surface area contributed by atoms with Crippen molar-refractivity contribution in [3.05, 3.63) is 41.3 Å². The quantitative estimate of drug-likeness (QED) is 0.852. The number of likely N-dealkylation sites (tertiary alicyclic amines) is 1. The summed E-state index contributed by atoms with van der Waals surface area (Å²) in [5, 5.41) is 3.41. The van der Waals surface area contributed by atoms with Gasteiger partial charge in [0.2, 0.25) is 0 Å². The first-order valence-corrected chi connectivity index (χ1v) is 9.77. The molecule has 1 aliphatic rings. The molecule has 0 radical (unpaired) electrons. The van der Waals surface area contributed by atoms with Crippen molar-refractivity contribution < 1.29 is 9.53 Å². The Morgan fingerprint density at radius 3 is 2.64 bits per heavy atom. The Morgan fingerprint density at radius 1 is 1.28 bits per heavy atom. The maximum Gasteiger partial charge on any atom is 0.267 e. The Balaban J connectivity index is 1.71. The minimum absolute atomic E-state index is 0.103. The van der Waals surface area contributed by atoms with Crippen molar-refractivity contribution in [3.63, 3.8) is 0 Å². The monoisotopic (exact) mass is 358 g/mol. The highest BCUT2D eigenvalue weighted by atomic mass is 32.1. The highest BCUT2D eigenvalue weighted by Gasteiger charge is 2.27. The lowest BCUT2D eigenvalue weighted by Gasteiger charge is -2.32. The van der Waals surface area contributed by atoms with Crippen LogP contribution in [0, 0.1) is 5.92 Å². The number of thiophene rings is 1. The number of nitrogens with one attached hydrogen (secondary N) is 1. The smallest absolute Gasteiger partial charge is 0.267 e. The van der Waals surface area contributed by atoms with E-state index in [-0.39, 0.29) is 5.91 Å². The Kier molecular flexibility index (Phi) is 6.10. The Bertz CT molecular complexity index is 691. The molecule has 1 amide bonds. The molecule has 1 aromatic carbocycles. The average Bonchev–Trinajstić information content (AvgIpc) is 3.11. The van der Waals surface area contributed by atoms with Gasteiger partial charge in [-0.05, 0) is 43.5 Å². The molecule has 1 saturated heterocycles. The van der Waals surface area contributed by atoms with E-state index in [9.17, 15) is 4.79 Å². The van der Waals surface area contributed by atoms with Crippen LogP contribution in [-0.4, -0.2) is 44.1 Å². The molecule has 0 unspecified atom stereocenters. The zero-order valence-electron chi connectivity index (χ0n) is 15.0. The van der Waals surface area contributed by atoms with Gasteiger partial charge in [-0.15, -0.1) is 11.3 Å². The minimum atomic E-state index is 0.103. The summed E-state index contributed by atoms with van der Waals surface area (Å²) in [5.74, 6) is 1.46. The van der Waals surface area contributed by atoms with Crippen LogP contribution in [0.5, 0.6) is 5.75 Å². The second-order valence-electron chi connectivity index (χ2n) is 6.42. The third kappa shape index (κ3) is 4.22. The zero-order valence-corrected chi connectivity index (χ0v) is 15.8. The summed E-state index contributed by atoms with van der Waals surface area (Å²) < 4.78 is 5.49. The van der Waals surface area contributed by atoms with Gasteiger partial charge in [-0.2, -0.15) is 0 Å². The van der Waals surface area contributed by atoms with Gasteiger partial charge in [-0.25, -0.2) is 0 Å². The molecular weight excluding hydrogens is 332 g/mol. The van der Waals surface area contributed by atoms with Crippen LogP contribution in [0.15, 0.2) is 36.4 Å². The van der Waals surface area contributed by atoms with Crippen molar-refractivity contribution >= 4 is 17.2 Å². The Hall–Kier alpha value is -1.85. The van der Waals surface area contributed by atoms with E-state index in [1.54, 1.807) is 7.11 Å². The average molecular weight is 359 g/mol. The van der Waals surface area contributed by atoms with Crippen molar-refractivity contribution in [3.8, 4) is 16.2 Å². The van der Waals surface area contributed by atoms with Gasteiger partial charge in [0, 0.05) is 18.0 Å². The van der Waals surface area contributed by atoms with Crippen LogP contribution < -0.4 is 10.1 Å². The molecule has 1 aliphatic heterocycles. The summed E-state index contributed by atoms with van der Waals surface area (Å²) in [6.07, 6.45) is 2.13. The van der Waals surface area contributed by atoms with Crippen molar-refractivity contribution in [1.82, 2.24) is 10.2 Å². The molecule has 3 rings (SSSR count). The fraction of sp³-hybridized carbons (Fsp3) is 0.450. The lowest BCUT2D eigenvalue weighted by Crippen LogP contribution is -2.40. The number of amides is 1. The number of rotatable bonds is 6. The molecule has 1 aromatic heterocycles. The molecule has 0 saturated carbocycles. The number of benzene rings is 1. The van der Waals surface area contributed by atoms with Crippen LogP contribution in [0.1, 0.15) is 29.4 Å². The van der Waals surface area contributed by atoms with Crippen LogP contribution >= 0.6 is 11.3 Å². The highest BCUT2D eigenvalue weighted by molar-refractivity contribution is 7.17. The molecule has 1 fully saturated rings. The number of nitrogens with zero attached hydrogens (tertiary/aromatic N) is 1. The first-order chi connectivity index (χ1) is 12.2. The van der Waals surface area contributed by atoms with Gasteiger partial charge in [-0.1, -0.05) is 37.3 Å². The third-order valence-electron chi connectivity index (χ3n) is 4.76. The normalized spacial score (nSPS) is 15.4. The first kappa shape index (κ1) is 18.0. The zero-order chi connectivity index (χ0) is 17.6. The fourth-order valence-corrected chi connectivity index (χ4v) is 4.35. The first-order valence-electron chi connectivity index (χ1n) is 8.96. The van der Waals surface area contributed by atoms with Crippen LogP contribution in [0.25, 0.3) is 10.4 Å². The van der Waals surface area contributed by atoms with Gasteiger partial charge in [-0.3, -0.25) is 4.79 Å². The number of piperidine rings is 1. The van der Waals surface area contributed by atoms with Gasteiger partial charge in [0.1, 0.15) is 10.6 Å². The molecule has 2 aromatic rings. The second kappa shape index (κ2) is 8.50. The van der Waals surface area contributed by atoms with Gasteiger partial charge in [0.15, 0.2) is 0 Å². The SMILES string of the molecule is CCNCC1CCN(C(=O)c2sc(-c3ccccc3)cc2OC)CC1. The lowest BCUT2D eigenvalue weighted by molar-refractivity contribution is 0.0692. The van der Waals surface area contributed by atoms with Gasteiger partial charge >= 0.3 is 0 Å². The van der Waals surface area contributed by atoms with Gasteiger partial charge in [0.25, 0.3) is 5.91 Å². The van der Waals surface area contributed by atoms with Crippen molar-refractivity contribution in [2.24, 2.45) is 5.92 Å². The topological polar surface area (TPSA) is 41.6 Å². The maximum atomic E-state index is 13.0. The predicted molar refractivity (Wildman–Crippen MR) is 103 cm³/mol. The van der Waals surface area contributed by atoms with Crippen LogP contribution in [0.2, 0.25) is 0 Å². The van der Waals surface area contributed by atoms with E-state index in [4.69, 9.17) is 4.74 Å². The molecule has 0 spiro atoms. The van der Waals surface area contributed by atoms with E-state index in [0.717, 1.165) is 49.5 Å². The number of methoxy groups -OCH3 is 1. The summed E-state index contributed by atoms with van der Waals surface area (Å²) in [6, 6.07) is 12.1. The minimum Gasteiger partial charge on any atom is -0.495 e. The van der Waals surface area contributed by atoms with Crippen LogP contribution in [0.4, 0.5) is 0 Å². The van der Waals surface area contributed by atoms with E-state index >= 15 is 0 Å². The van der Waals surface area contributed by atoms with E-state index in [2.05, 4.69) is 24.4 Å². The molecule has 4 nitrogen and oxygen atoms in total. The van der Waals surface area contributed by atoms with E-state index in [1.165, 1.54) is 11.3 Å². The Morgan fingerprint density at radius 2 is 2.00 bits per heavy atom. The molecule has 0 atom stereocenters. The number of carbonyl (C=O) groups is 1. The van der Waals surface area contributed by atoms with Crippen LogP contribution in [0.3, 0.4) is 0 Å². The summed E-state index contributed by atoms with van der Waals surface area (Å²) in [5.41, 5.74) is 1.12. The number of hydrogen-bond acceptors (Lipinski definition) is 4. The summed E-state index contributed by atoms with van der Waals surface area (Å²) in [6.45, 7) is 5.85. The number of hydrogen-bond donors (Lipinski definition) is 1. The molecule has 5 heteroatoms. The third-order valence-corrected chi connectivity index (χ3v) is 5.91. The second-order valence-corrected chi connectivity index (χ2v) is 7.47. The molecule has 134 valence electrons. The molecule has 1 N–H and O–H groups in total.